The number of carboxylic acids is 1. The predicted octanol–water partition coefficient (Wildman–Crippen LogP) is 4.74. The third kappa shape index (κ3) is 7.25. The molecule has 160 valence electrons. The first-order valence-corrected chi connectivity index (χ1v) is 11.2. The minimum absolute atomic E-state index is 0.276. The molecule has 0 unspecified atom stereocenters. The second kappa shape index (κ2) is 11.7. The lowest BCUT2D eigenvalue weighted by Crippen LogP contribution is -2.24. The van der Waals surface area contributed by atoms with Gasteiger partial charge in [0, 0.05) is 14.5 Å². The smallest absolute Gasteiger partial charge is 0.341 e. The molecule has 2 aromatic carbocycles. The molecule has 0 aliphatic carbocycles. The van der Waals surface area contributed by atoms with Crippen LogP contribution in [0.2, 0.25) is 0 Å². The van der Waals surface area contributed by atoms with Crippen LogP contribution in [0.25, 0.3) is 0 Å². The number of hydrogen-bond acceptors (Lipinski definition) is 6. The number of carbonyl (C=O) groups excluding carboxylic acids is 1. The molecule has 0 aliphatic heterocycles. The van der Waals surface area contributed by atoms with Gasteiger partial charge in [0.05, 0.1) is 22.3 Å². The summed E-state index contributed by atoms with van der Waals surface area (Å²) in [4.78, 5) is 22.8. The highest BCUT2D eigenvalue weighted by Crippen LogP contribution is 2.38. The summed E-state index contributed by atoms with van der Waals surface area (Å²) in [5, 5.41) is 12.7. The van der Waals surface area contributed by atoms with E-state index in [1.165, 1.54) is 13.3 Å². The zero-order chi connectivity index (χ0) is 22.3. The van der Waals surface area contributed by atoms with Gasteiger partial charge in [-0.2, -0.15) is 5.10 Å². The number of amides is 1. The maximum atomic E-state index is 12.1. The molecule has 2 rings (SSSR count). The van der Waals surface area contributed by atoms with Gasteiger partial charge in [0.15, 0.2) is 24.7 Å². The van der Waals surface area contributed by atoms with Gasteiger partial charge in [-0.05, 0) is 56.1 Å². The number of nitrogens with zero attached hydrogens (tertiary/aromatic N) is 1. The highest BCUT2D eigenvalue weighted by molar-refractivity contribution is 9.11. The summed E-state index contributed by atoms with van der Waals surface area (Å²) >= 11 is 13.3. The number of hydrazone groups is 1. The zero-order valence-electron chi connectivity index (χ0n) is 15.2. The molecule has 0 atom stereocenters. The lowest BCUT2D eigenvalue weighted by Gasteiger charge is -2.12. The summed E-state index contributed by atoms with van der Waals surface area (Å²) < 4.78 is 18.7. The fourth-order valence-corrected chi connectivity index (χ4v) is 4.81. The molecule has 0 spiro atoms. The van der Waals surface area contributed by atoms with E-state index in [9.17, 15) is 9.59 Å². The Morgan fingerprint density at radius 3 is 2.23 bits per heavy atom. The van der Waals surface area contributed by atoms with Crippen LogP contribution in [0.5, 0.6) is 17.2 Å². The molecule has 0 saturated carbocycles. The number of hydrogen-bond donors (Lipinski definition) is 2. The van der Waals surface area contributed by atoms with E-state index in [1.54, 1.807) is 24.3 Å². The van der Waals surface area contributed by atoms with Gasteiger partial charge in [-0.25, -0.2) is 10.2 Å². The minimum atomic E-state index is -1.12. The lowest BCUT2D eigenvalue weighted by molar-refractivity contribution is -0.139. The number of rotatable bonds is 9. The van der Waals surface area contributed by atoms with Crippen molar-refractivity contribution in [2.75, 3.05) is 20.3 Å². The van der Waals surface area contributed by atoms with E-state index in [2.05, 4.69) is 74.2 Å². The second-order valence-corrected chi connectivity index (χ2v) is 9.03. The Balaban J connectivity index is 2.04. The van der Waals surface area contributed by atoms with Crippen LogP contribution in [-0.2, 0) is 9.59 Å². The van der Waals surface area contributed by atoms with Crippen molar-refractivity contribution in [1.82, 2.24) is 5.43 Å². The summed E-state index contributed by atoms with van der Waals surface area (Å²) in [5.74, 6) is -0.525. The highest BCUT2D eigenvalue weighted by atomic mass is 79.9. The zero-order valence-corrected chi connectivity index (χ0v) is 21.6. The minimum Gasteiger partial charge on any atom is -0.493 e. The lowest BCUT2D eigenvalue weighted by atomic mass is 10.2. The Morgan fingerprint density at radius 2 is 1.60 bits per heavy atom. The molecule has 1 amide bonds. The van der Waals surface area contributed by atoms with Gasteiger partial charge in [-0.3, -0.25) is 4.79 Å². The number of aliphatic carboxylic acids is 1. The topological polar surface area (TPSA) is 106 Å². The molecule has 0 saturated heterocycles. The largest absolute Gasteiger partial charge is 0.493 e. The Bertz CT molecular complexity index is 984. The van der Waals surface area contributed by atoms with E-state index in [4.69, 9.17) is 19.3 Å². The SMILES string of the molecule is COc1cc(Br)cc(Br)c1OCC(=O)NN=Cc1cc(Br)cc(Br)c1OCC(=O)O. The van der Waals surface area contributed by atoms with E-state index in [0.29, 0.717) is 30.5 Å². The Labute approximate surface area is 205 Å². The van der Waals surface area contributed by atoms with Crippen molar-refractivity contribution in [2.45, 2.75) is 0 Å². The fraction of sp³-hybridized carbons (Fsp3) is 0.167. The molecule has 0 heterocycles. The molecular weight excluding hydrogens is 660 g/mol. The molecule has 0 radical (unpaired) electrons. The van der Waals surface area contributed by atoms with Crippen molar-refractivity contribution in [1.29, 1.82) is 0 Å². The van der Waals surface area contributed by atoms with Crippen molar-refractivity contribution in [2.24, 2.45) is 5.10 Å². The van der Waals surface area contributed by atoms with Gasteiger partial charge in [0.2, 0.25) is 0 Å². The number of ether oxygens (including phenoxy) is 3. The van der Waals surface area contributed by atoms with Crippen molar-refractivity contribution in [3.05, 3.63) is 47.7 Å². The van der Waals surface area contributed by atoms with E-state index >= 15 is 0 Å². The first-order valence-electron chi connectivity index (χ1n) is 8.02. The third-order valence-corrected chi connectivity index (χ3v) is 5.41. The van der Waals surface area contributed by atoms with Crippen LogP contribution < -0.4 is 19.6 Å². The van der Waals surface area contributed by atoms with Crippen LogP contribution in [-0.4, -0.2) is 43.5 Å². The van der Waals surface area contributed by atoms with E-state index < -0.39 is 18.5 Å². The molecule has 30 heavy (non-hydrogen) atoms. The summed E-state index contributed by atoms with van der Waals surface area (Å²) in [7, 11) is 1.49. The summed E-state index contributed by atoms with van der Waals surface area (Å²) in [6, 6.07) is 6.83. The average Bonchev–Trinajstić information content (AvgIpc) is 2.65. The predicted molar refractivity (Wildman–Crippen MR) is 125 cm³/mol. The second-order valence-electron chi connectivity index (χ2n) is 5.49. The Kier molecular flexibility index (Phi) is 9.59. The molecule has 2 N–H and O–H groups in total. The van der Waals surface area contributed by atoms with E-state index in [1.807, 2.05) is 0 Å². The molecule has 0 bridgehead atoms. The first kappa shape index (κ1) is 24.6. The van der Waals surface area contributed by atoms with Gasteiger partial charge >= 0.3 is 5.97 Å². The Hall–Kier alpha value is -1.63. The monoisotopic (exact) mass is 670 g/mol. The fourth-order valence-electron chi connectivity index (χ4n) is 2.13. The standard InChI is InChI=1S/C18H14Br4N2O6/c1-28-14-5-11(20)4-13(22)18(14)29-7-15(25)24-23-6-9-2-10(19)3-12(21)17(9)30-8-16(26)27/h2-6H,7-8H2,1H3,(H,24,25)(H,26,27). The Morgan fingerprint density at radius 1 is 1.00 bits per heavy atom. The van der Waals surface area contributed by atoms with Crippen LogP contribution in [0.4, 0.5) is 0 Å². The van der Waals surface area contributed by atoms with Gasteiger partial charge in [-0.1, -0.05) is 31.9 Å². The van der Waals surface area contributed by atoms with Crippen LogP contribution >= 0.6 is 63.7 Å². The van der Waals surface area contributed by atoms with Crippen molar-refractivity contribution < 1.29 is 28.9 Å². The number of methoxy groups -OCH3 is 1. The third-order valence-electron chi connectivity index (χ3n) is 3.31. The van der Waals surface area contributed by atoms with Crippen LogP contribution in [0, 0.1) is 0 Å². The van der Waals surface area contributed by atoms with Crippen molar-refractivity contribution in [3.63, 3.8) is 0 Å². The maximum absolute atomic E-state index is 12.1. The summed E-state index contributed by atoms with van der Waals surface area (Å²) in [5.41, 5.74) is 2.79. The number of carbonyl (C=O) groups is 2. The van der Waals surface area contributed by atoms with Gasteiger partial charge in [-0.15, -0.1) is 0 Å². The molecule has 2 aromatic rings. The molecule has 8 nitrogen and oxygen atoms in total. The number of halogens is 4. The quantitative estimate of drug-likeness (QED) is 0.295. The molecule has 12 heteroatoms. The van der Waals surface area contributed by atoms with Gasteiger partial charge in [0.1, 0.15) is 5.75 Å². The summed E-state index contributed by atoms with van der Waals surface area (Å²) in [6.07, 6.45) is 1.33. The highest BCUT2D eigenvalue weighted by Gasteiger charge is 2.13. The number of benzene rings is 2. The molecule has 0 fully saturated rings. The van der Waals surface area contributed by atoms with E-state index in [0.717, 1.165) is 4.47 Å². The normalized spacial score (nSPS) is 10.7. The maximum Gasteiger partial charge on any atom is 0.341 e. The number of carboxylic acid groups (broad SMARTS) is 1. The van der Waals surface area contributed by atoms with Gasteiger partial charge in [0.25, 0.3) is 5.91 Å². The average molecular weight is 674 g/mol. The first-order chi connectivity index (χ1) is 14.2. The molecule has 0 aliphatic rings. The van der Waals surface area contributed by atoms with Crippen LogP contribution in [0.15, 0.2) is 47.3 Å². The van der Waals surface area contributed by atoms with Gasteiger partial charge < -0.3 is 19.3 Å². The van der Waals surface area contributed by atoms with Crippen LogP contribution in [0.1, 0.15) is 5.56 Å². The van der Waals surface area contributed by atoms with Crippen molar-refractivity contribution >= 4 is 81.8 Å². The van der Waals surface area contributed by atoms with Crippen LogP contribution in [0.3, 0.4) is 0 Å². The molecular formula is C18H14Br4N2O6. The number of nitrogens with one attached hydrogen (secondary N) is 1. The van der Waals surface area contributed by atoms with Crippen molar-refractivity contribution in [3.8, 4) is 17.2 Å². The molecule has 0 aromatic heterocycles. The summed E-state index contributed by atoms with van der Waals surface area (Å²) in [6.45, 7) is -0.830. The van der Waals surface area contributed by atoms with E-state index in [-0.39, 0.29) is 12.4 Å².